The highest BCUT2D eigenvalue weighted by atomic mass is 32.3. The van der Waals surface area contributed by atoms with Gasteiger partial charge in [0.25, 0.3) is 0 Å². The van der Waals surface area contributed by atoms with Gasteiger partial charge >= 0.3 is 10.4 Å². The van der Waals surface area contributed by atoms with Crippen LogP contribution in [0.1, 0.15) is 0 Å². The van der Waals surface area contributed by atoms with E-state index in [-0.39, 0.29) is 40.9 Å². The fourth-order valence-corrected chi connectivity index (χ4v) is 0. The molecule has 0 saturated carbocycles. The van der Waals surface area contributed by atoms with Crippen molar-refractivity contribution in [3.05, 3.63) is 0 Å². The molecular formula is H11Al2NO4S. The molecule has 0 aromatic heterocycles. The Morgan fingerprint density at radius 1 is 1.00 bits per heavy atom. The molecule has 0 heterocycles. The minimum atomic E-state index is -4.67. The van der Waals surface area contributed by atoms with Crippen molar-refractivity contribution >= 4 is 45.1 Å². The van der Waals surface area contributed by atoms with E-state index in [2.05, 4.69) is 0 Å². The summed E-state index contributed by atoms with van der Waals surface area (Å²) in [5.41, 5.74) is 0. The highest BCUT2D eigenvalue weighted by Gasteiger charge is 1.84. The molecule has 0 atom stereocenters. The van der Waals surface area contributed by atoms with E-state index in [0.717, 1.165) is 0 Å². The Kier molecular flexibility index (Phi) is 22.8. The summed E-state index contributed by atoms with van der Waals surface area (Å²) in [5.74, 6) is 0. The summed E-state index contributed by atoms with van der Waals surface area (Å²) in [6, 6.07) is 0. The molecule has 5 nitrogen and oxygen atoms in total. The Hall–Kier alpha value is 0.895. The third-order valence-corrected chi connectivity index (χ3v) is 0. The summed E-state index contributed by atoms with van der Waals surface area (Å²) in [6.45, 7) is 0. The second kappa shape index (κ2) is 7.89. The summed E-state index contributed by atoms with van der Waals surface area (Å²) in [6.07, 6.45) is 0. The smallest absolute Gasteiger partial charge is 0.344 e. The molecule has 0 spiro atoms. The standard InChI is InChI=1S/2Al.H3N.H2O4S.6H/c;;;1-5(2,3)4;;;;;;/h;;1H3;(H2,1,2,3,4);;;;;;. The molecule has 0 aliphatic heterocycles. The van der Waals surface area contributed by atoms with Crippen molar-refractivity contribution in [2.24, 2.45) is 0 Å². The summed E-state index contributed by atoms with van der Waals surface area (Å²) < 4.78 is 31.6. The molecule has 0 aromatic rings. The van der Waals surface area contributed by atoms with Crippen LogP contribution in [0.4, 0.5) is 0 Å². The topological polar surface area (TPSA) is 110 Å². The molecule has 0 saturated heterocycles. The Labute approximate surface area is 68.9 Å². The van der Waals surface area contributed by atoms with Gasteiger partial charge in [-0.3, -0.25) is 9.11 Å². The zero-order valence-electron chi connectivity index (χ0n) is 2.83. The van der Waals surface area contributed by atoms with Crippen LogP contribution in [-0.4, -0.2) is 52.2 Å². The number of hydrogen-bond acceptors (Lipinski definition) is 3. The largest absolute Gasteiger partial charge is 0.394 e. The minimum absolute atomic E-state index is 0. The lowest BCUT2D eigenvalue weighted by Gasteiger charge is -1.68. The van der Waals surface area contributed by atoms with Crippen molar-refractivity contribution in [3.8, 4) is 0 Å². The fraction of sp³-hybridized carbons (Fsp3) is 0. The quantitative estimate of drug-likeness (QED) is 0.271. The molecule has 0 bridgehead atoms. The predicted octanol–water partition coefficient (Wildman–Crippen LogP) is -2.86. The average Bonchev–Trinajstić information content (AvgIpc) is 0.722. The lowest BCUT2D eigenvalue weighted by atomic mass is 14.0. The highest BCUT2D eigenvalue weighted by molar-refractivity contribution is 7.79. The molecule has 0 aromatic carbocycles. The molecule has 52 valence electrons. The predicted molar refractivity (Wildman–Crippen MR) is 39.1 cm³/mol. The van der Waals surface area contributed by atoms with E-state index < -0.39 is 10.4 Å². The van der Waals surface area contributed by atoms with Gasteiger partial charge in [0.05, 0.1) is 0 Å². The van der Waals surface area contributed by atoms with Crippen molar-refractivity contribution < 1.29 is 17.5 Å². The van der Waals surface area contributed by atoms with E-state index >= 15 is 0 Å². The van der Waals surface area contributed by atoms with E-state index in [9.17, 15) is 0 Å². The number of rotatable bonds is 0. The Morgan fingerprint density at radius 2 is 1.00 bits per heavy atom. The first-order chi connectivity index (χ1) is 2.00. The van der Waals surface area contributed by atoms with Crippen LogP contribution in [0.2, 0.25) is 0 Å². The van der Waals surface area contributed by atoms with E-state index in [1.54, 1.807) is 0 Å². The van der Waals surface area contributed by atoms with Crippen molar-refractivity contribution in [3.63, 3.8) is 0 Å². The third-order valence-electron chi connectivity index (χ3n) is 0. The van der Waals surface area contributed by atoms with Crippen LogP contribution >= 0.6 is 0 Å². The highest BCUT2D eigenvalue weighted by Crippen LogP contribution is 1.59. The van der Waals surface area contributed by atoms with E-state index in [0.29, 0.717) is 0 Å². The van der Waals surface area contributed by atoms with Gasteiger partial charge in [-0.15, -0.1) is 0 Å². The zero-order valence-corrected chi connectivity index (χ0v) is 3.64. The van der Waals surface area contributed by atoms with Crippen molar-refractivity contribution in [1.29, 1.82) is 0 Å². The minimum Gasteiger partial charge on any atom is -0.344 e. The Balaban J connectivity index is -0.0000000267. The zero-order chi connectivity index (χ0) is 4.50. The van der Waals surface area contributed by atoms with E-state index in [4.69, 9.17) is 17.5 Å². The number of hydrogen-bond donors (Lipinski definition) is 3. The third kappa shape index (κ3) is 299. The molecule has 8 heteroatoms. The molecule has 0 rings (SSSR count). The van der Waals surface area contributed by atoms with Crippen LogP contribution in [-0.2, 0) is 10.4 Å². The first-order valence-electron chi connectivity index (χ1n) is 0.698. The molecule has 5 N–H and O–H groups in total. The molecule has 0 amide bonds. The van der Waals surface area contributed by atoms with Gasteiger partial charge in [-0.2, -0.15) is 8.42 Å². The van der Waals surface area contributed by atoms with Gasteiger partial charge in [-0.1, -0.05) is 0 Å². The van der Waals surface area contributed by atoms with Crippen molar-refractivity contribution in [2.75, 3.05) is 0 Å². The van der Waals surface area contributed by atoms with Gasteiger partial charge in [0.1, 0.15) is 0 Å². The van der Waals surface area contributed by atoms with Crippen molar-refractivity contribution in [2.45, 2.75) is 0 Å². The molecule has 0 aliphatic rings. The van der Waals surface area contributed by atoms with Gasteiger partial charge < -0.3 is 6.15 Å². The normalized spacial score (nSPS) is 7.25. The molecule has 0 radical (unpaired) electrons. The summed E-state index contributed by atoms with van der Waals surface area (Å²) >= 11 is 0. The van der Waals surface area contributed by atoms with Crippen LogP contribution in [0.25, 0.3) is 0 Å². The van der Waals surface area contributed by atoms with Gasteiger partial charge in [-0.25, -0.2) is 0 Å². The lowest BCUT2D eigenvalue weighted by molar-refractivity contribution is 0.381. The first kappa shape index (κ1) is 23.1. The summed E-state index contributed by atoms with van der Waals surface area (Å²) in [7, 11) is -4.67. The van der Waals surface area contributed by atoms with Crippen LogP contribution < -0.4 is 6.15 Å². The maximum atomic E-state index is 8.74. The molecule has 0 aliphatic carbocycles. The molecule has 0 unspecified atom stereocenters. The van der Waals surface area contributed by atoms with Gasteiger partial charge in [0, 0.05) is 0 Å². The summed E-state index contributed by atoms with van der Waals surface area (Å²) in [5, 5.41) is 0. The maximum absolute atomic E-state index is 8.74. The second-order valence-corrected chi connectivity index (χ2v) is 1.34. The monoisotopic (exact) mass is 175 g/mol. The Bertz CT molecular complexity index is 97.2. The van der Waals surface area contributed by atoms with Gasteiger partial charge in [0.15, 0.2) is 34.7 Å². The van der Waals surface area contributed by atoms with Gasteiger partial charge in [-0.05, 0) is 0 Å². The van der Waals surface area contributed by atoms with Crippen molar-refractivity contribution in [1.82, 2.24) is 6.15 Å². The molecule has 0 fully saturated rings. The van der Waals surface area contributed by atoms with E-state index in [1.165, 1.54) is 0 Å². The maximum Gasteiger partial charge on any atom is 0.394 e. The second-order valence-electron chi connectivity index (χ2n) is 0.448. The lowest BCUT2D eigenvalue weighted by Crippen LogP contribution is -1.89. The fourth-order valence-electron chi connectivity index (χ4n) is 0. The summed E-state index contributed by atoms with van der Waals surface area (Å²) in [4.78, 5) is 0. The first-order valence-corrected chi connectivity index (χ1v) is 2.10. The Morgan fingerprint density at radius 3 is 1.00 bits per heavy atom. The van der Waals surface area contributed by atoms with Gasteiger partial charge in [0.2, 0.25) is 0 Å². The van der Waals surface area contributed by atoms with E-state index in [1.807, 2.05) is 0 Å². The van der Waals surface area contributed by atoms with Crippen LogP contribution in [0.5, 0.6) is 0 Å². The van der Waals surface area contributed by atoms with Crippen LogP contribution in [0.3, 0.4) is 0 Å². The SMILES string of the molecule is N.O=S(=O)(O)O.[AlH3].[AlH3]. The molecule has 8 heavy (non-hydrogen) atoms. The van der Waals surface area contributed by atoms with Crippen LogP contribution in [0, 0.1) is 0 Å². The average molecular weight is 175 g/mol. The van der Waals surface area contributed by atoms with Crippen LogP contribution in [0.15, 0.2) is 0 Å². The molecular weight excluding hydrogens is 164 g/mol.